The van der Waals surface area contributed by atoms with Crippen molar-refractivity contribution < 1.29 is 4.79 Å². The minimum absolute atomic E-state index is 0.0106. The van der Waals surface area contributed by atoms with E-state index < -0.39 is 0 Å². The number of aromatic nitrogens is 2. The van der Waals surface area contributed by atoms with Crippen LogP contribution in [0.25, 0.3) is 0 Å². The summed E-state index contributed by atoms with van der Waals surface area (Å²) < 4.78 is 4.95. The number of hydrogen-bond donors (Lipinski definition) is 1. The molecule has 1 amide bonds. The zero-order valence-corrected chi connectivity index (χ0v) is 13.0. The molecule has 106 valence electrons. The summed E-state index contributed by atoms with van der Waals surface area (Å²) in [6.07, 6.45) is 5.36. The molecule has 0 aliphatic heterocycles. The first-order chi connectivity index (χ1) is 9.78. The maximum Gasteiger partial charge on any atom is 0.242 e. The van der Waals surface area contributed by atoms with Crippen molar-refractivity contribution in [3.05, 3.63) is 35.9 Å². The Kier molecular flexibility index (Phi) is 6.01. The van der Waals surface area contributed by atoms with Crippen molar-refractivity contribution in [3.63, 3.8) is 0 Å². The van der Waals surface area contributed by atoms with Gasteiger partial charge in [-0.1, -0.05) is 42.1 Å². The minimum Gasteiger partial charge on any atom is -0.294 e. The fraction of sp³-hybridized carbons (Fsp3) is 0.357. The van der Waals surface area contributed by atoms with Gasteiger partial charge in [0.15, 0.2) is 4.34 Å². The Morgan fingerprint density at radius 2 is 2.10 bits per heavy atom. The predicted octanol–water partition coefficient (Wildman–Crippen LogP) is 3.61. The molecule has 1 aromatic carbocycles. The Morgan fingerprint density at radius 1 is 1.30 bits per heavy atom. The van der Waals surface area contributed by atoms with Crippen molar-refractivity contribution in [2.75, 3.05) is 11.6 Å². The van der Waals surface area contributed by atoms with Crippen LogP contribution in [0.15, 0.2) is 34.7 Å². The monoisotopic (exact) mass is 307 g/mol. The number of anilines is 1. The average molecular weight is 307 g/mol. The van der Waals surface area contributed by atoms with Crippen LogP contribution < -0.4 is 5.32 Å². The Balaban J connectivity index is 1.65. The molecule has 6 heteroatoms. The normalized spacial score (nSPS) is 10.4. The largest absolute Gasteiger partial charge is 0.294 e. The predicted molar refractivity (Wildman–Crippen MR) is 84.3 cm³/mol. The second kappa shape index (κ2) is 8.01. The van der Waals surface area contributed by atoms with Crippen molar-refractivity contribution in [1.29, 1.82) is 0 Å². The Bertz CT molecular complexity index is 542. The van der Waals surface area contributed by atoms with Gasteiger partial charge in [0.05, 0.1) is 0 Å². The summed E-state index contributed by atoms with van der Waals surface area (Å²) in [5.41, 5.74) is 1.32. The van der Waals surface area contributed by atoms with Gasteiger partial charge in [0.25, 0.3) is 0 Å². The van der Waals surface area contributed by atoms with E-state index in [1.54, 1.807) is 0 Å². The fourth-order valence-corrected chi connectivity index (χ4v) is 2.76. The van der Waals surface area contributed by atoms with Gasteiger partial charge in [-0.15, -0.1) is 0 Å². The van der Waals surface area contributed by atoms with E-state index in [1.807, 2.05) is 24.5 Å². The second-order valence-corrected chi connectivity index (χ2v) is 6.13. The van der Waals surface area contributed by atoms with Gasteiger partial charge in [0.1, 0.15) is 0 Å². The maximum absolute atomic E-state index is 11.7. The number of carbonyl (C=O) groups excluding carboxylic acids is 1. The number of thioether (sulfide) groups is 1. The SMILES string of the molecule is CSc1nc(NC(=O)CCCCc2ccccc2)ns1. The van der Waals surface area contributed by atoms with Crippen molar-refractivity contribution in [2.24, 2.45) is 0 Å². The molecule has 0 saturated heterocycles. The summed E-state index contributed by atoms with van der Waals surface area (Å²) in [7, 11) is 0. The van der Waals surface area contributed by atoms with E-state index >= 15 is 0 Å². The topological polar surface area (TPSA) is 54.9 Å². The van der Waals surface area contributed by atoms with Crippen molar-refractivity contribution in [3.8, 4) is 0 Å². The molecule has 0 saturated carbocycles. The van der Waals surface area contributed by atoms with Gasteiger partial charge in [0, 0.05) is 6.42 Å². The highest BCUT2D eigenvalue weighted by molar-refractivity contribution is 8.00. The first-order valence-corrected chi connectivity index (χ1v) is 8.49. The van der Waals surface area contributed by atoms with E-state index in [4.69, 9.17) is 0 Å². The van der Waals surface area contributed by atoms with Crippen LogP contribution in [-0.4, -0.2) is 21.5 Å². The van der Waals surface area contributed by atoms with Crippen molar-refractivity contribution in [2.45, 2.75) is 30.0 Å². The van der Waals surface area contributed by atoms with E-state index in [2.05, 4.69) is 26.8 Å². The van der Waals surface area contributed by atoms with Gasteiger partial charge in [-0.2, -0.15) is 9.36 Å². The summed E-state index contributed by atoms with van der Waals surface area (Å²) in [5.74, 6) is 0.413. The molecular weight excluding hydrogens is 290 g/mol. The molecule has 1 N–H and O–H groups in total. The molecule has 0 unspecified atom stereocenters. The molecule has 0 fully saturated rings. The van der Waals surface area contributed by atoms with E-state index in [0.29, 0.717) is 12.4 Å². The lowest BCUT2D eigenvalue weighted by Gasteiger charge is -2.02. The summed E-state index contributed by atoms with van der Waals surface area (Å²) in [5, 5.41) is 2.73. The molecular formula is C14H17N3OS2. The Morgan fingerprint density at radius 3 is 2.80 bits per heavy atom. The molecule has 0 aliphatic rings. The van der Waals surface area contributed by atoms with E-state index in [-0.39, 0.29) is 5.91 Å². The van der Waals surface area contributed by atoms with Crippen molar-refractivity contribution >= 4 is 35.1 Å². The lowest BCUT2D eigenvalue weighted by Crippen LogP contribution is -2.12. The van der Waals surface area contributed by atoms with Crippen LogP contribution in [0.4, 0.5) is 5.95 Å². The fourth-order valence-electron chi connectivity index (χ4n) is 1.79. The molecule has 1 heterocycles. The van der Waals surface area contributed by atoms with Gasteiger partial charge >= 0.3 is 0 Å². The first-order valence-electron chi connectivity index (χ1n) is 6.49. The molecule has 1 aromatic heterocycles. The minimum atomic E-state index is -0.0106. The number of nitrogens with zero attached hydrogens (tertiary/aromatic N) is 2. The van der Waals surface area contributed by atoms with Crippen LogP contribution in [0.5, 0.6) is 0 Å². The molecule has 20 heavy (non-hydrogen) atoms. The van der Waals surface area contributed by atoms with Crippen LogP contribution in [0.1, 0.15) is 24.8 Å². The Hall–Kier alpha value is -1.40. The molecule has 0 spiro atoms. The number of amides is 1. The number of benzene rings is 1. The van der Waals surface area contributed by atoms with Gasteiger partial charge < -0.3 is 0 Å². The molecule has 2 aromatic rings. The first kappa shape index (κ1) is 15.0. The summed E-state index contributed by atoms with van der Waals surface area (Å²) in [4.78, 5) is 15.9. The molecule has 0 radical (unpaired) electrons. The lowest BCUT2D eigenvalue weighted by molar-refractivity contribution is -0.116. The third kappa shape index (κ3) is 4.94. The molecule has 0 atom stereocenters. The van der Waals surface area contributed by atoms with Crippen LogP contribution >= 0.6 is 23.3 Å². The van der Waals surface area contributed by atoms with Crippen LogP contribution in [0, 0.1) is 0 Å². The highest BCUT2D eigenvalue weighted by Gasteiger charge is 2.07. The number of aryl methyl sites for hydroxylation is 1. The van der Waals surface area contributed by atoms with Crippen molar-refractivity contribution in [1.82, 2.24) is 9.36 Å². The number of hydrogen-bond acceptors (Lipinski definition) is 5. The summed E-state index contributed by atoms with van der Waals surface area (Å²) >= 11 is 2.83. The van der Waals surface area contributed by atoms with Gasteiger partial charge in [0.2, 0.25) is 11.9 Å². The average Bonchev–Trinajstić information content (AvgIpc) is 2.92. The highest BCUT2D eigenvalue weighted by Crippen LogP contribution is 2.18. The quantitative estimate of drug-likeness (QED) is 0.627. The number of carbonyl (C=O) groups is 1. The van der Waals surface area contributed by atoms with Gasteiger partial charge in [-0.25, -0.2) is 0 Å². The Labute approximate surface area is 127 Å². The zero-order chi connectivity index (χ0) is 14.2. The van der Waals surface area contributed by atoms with E-state index in [1.165, 1.54) is 28.9 Å². The van der Waals surface area contributed by atoms with Crippen LogP contribution in [0.2, 0.25) is 0 Å². The third-order valence-electron chi connectivity index (χ3n) is 2.80. The van der Waals surface area contributed by atoms with Crippen LogP contribution in [-0.2, 0) is 11.2 Å². The smallest absolute Gasteiger partial charge is 0.242 e. The summed E-state index contributed by atoms with van der Waals surface area (Å²) in [6, 6.07) is 10.3. The van der Waals surface area contributed by atoms with Gasteiger partial charge in [-0.3, -0.25) is 10.1 Å². The van der Waals surface area contributed by atoms with E-state index in [0.717, 1.165) is 23.6 Å². The maximum atomic E-state index is 11.7. The zero-order valence-electron chi connectivity index (χ0n) is 11.3. The van der Waals surface area contributed by atoms with E-state index in [9.17, 15) is 4.79 Å². The number of unbranched alkanes of at least 4 members (excludes halogenated alkanes) is 1. The summed E-state index contributed by atoms with van der Waals surface area (Å²) in [6.45, 7) is 0. The van der Waals surface area contributed by atoms with Gasteiger partial charge in [-0.05, 0) is 42.6 Å². The standard InChI is InChI=1S/C14H17N3OS2/c1-19-14-16-13(17-20-14)15-12(18)10-6-5-9-11-7-3-2-4-8-11/h2-4,7-8H,5-6,9-10H2,1H3,(H,15,17,18). The number of rotatable bonds is 7. The molecule has 0 aliphatic carbocycles. The van der Waals surface area contributed by atoms with Crippen LogP contribution in [0.3, 0.4) is 0 Å². The molecule has 4 nitrogen and oxygen atoms in total. The molecule has 0 bridgehead atoms. The third-order valence-corrected chi connectivity index (χ3v) is 4.47. The molecule has 2 rings (SSSR count). The highest BCUT2D eigenvalue weighted by atomic mass is 32.2. The second-order valence-electron chi connectivity index (χ2n) is 4.33. The lowest BCUT2D eigenvalue weighted by atomic mass is 10.1. The number of nitrogens with one attached hydrogen (secondary N) is 1.